The molecule has 0 bridgehead atoms. The van der Waals surface area contributed by atoms with Crippen LogP contribution >= 0.6 is 11.3 Å². The Bertz CT molecular complexity index is 1260. The molecule has 0 saturated carbocycles. The van der Waals surface area contributed by atoms with Gasteiger partial charge in [0.05, 0.1) is 23.1 Å². The highest BCUT2D eigenvalue weighted by molar-refractivity contribution is 7.13. The van der Waals surface area contributed by atoms with Gasteiger partial charge in [0.25, 0.3) is 0 Å². The molecule has 0 fully saturated rings. The summed E-state index contributed by atoms with van der Waals surface area (Å²) in [5.74, 6) is 1.27. The van der Waals surface area contributed by atoms with Crippen molar-refractivity contribution < 1.29 is 4.42 Å². The third-order valence-corrected chi connectivity index (χ3v) is 5.72. The fourth-order valence-electron chi connectivity index (χ4n) is 3.28. The molecule has 3 aromatic heterocycles. The van der Waals surface area contributed by atoms with Crippen molar-refractivity contribution >= 4 is 23.0 Å². The molecule has 9 heteroatoms. The first kappa shape index (κ1) is 18.9. The number of benzene rings is 1. The van der Waals surface area contributed by atoms with E-state index in [1.165, 1.54) is 0 Å². The molecule has 0 atom stereocenters. The fraction of sp³-hybridized carbons (Fsp3) is 0.0455. The lowest BCUT2D eigenvalue weighted by atomic mass is 10.0. The summed E-state index contributed by atoms with van der Waals surface area (Å²) in [6.07, 6.45) is 3.24. The van der Waals surface area contributed by atoms with E-state index in [9.17, 15) is 5.26 Å². The molecule has 152 valence electrons. The summed E-state index contributed by atoms with van der Waals surface area (Å²) >= 11 is 1.61. The highest BCUT2D eigenvalue weighted by atomic mass is 32.1. The molecule has 1 aliphatic heterocycles. The maximum atomic E-state index is 9.88. The van der Waals surface area contributed by atoms with Crippen molar-refractivity contribution in [1.29, 1.82) is 5.26 Å². The van der Waals surface area contributed by atoms with Gasteiger partial charge in [0.2, 0.25) is 0 Å². The molecule has 1 aliphatic rings. The Kier molecular flexibility index (Phi) is 5.06. The average Bonchev–Trinajstić information content (AvgIpc) is 3.60. The Balaban J connectivity index is 1.46. The second-order valence-corrected chi connectivity index (χ2v) is 7.70. The largest absolute Gasteiger partial charge is 0.472 e. The minimum Gasteiger partial charge on any atom is -0.472 e. The van der Waals surface area contributed by atoms with Gasteiger partial charge in [-0.25, -0.2) is 10.5 Å². The Hall–Kier alpha value is -4.13. The van der Waals surface area contributed by atoms with E-state index in [0.717, 1.165) is 38.7 Å². The zero-order chi connectivity index (χ0) is 21.0. The van der Waals surface area contributed by atoms with Crippen LogP contribution in [0.15, 0.2) is 76.0 Å². The van der Waals surface area contributed by atoms with Crippen LogP contribution in [0.3, 0.4) is 0 Å². The molecule has 0 amide bonds. The number of aromatic nitrogens is 1. The summed E-state index contributed by atoms with van der Waals surface area (Å²) in [5, 5.41) is 19.3. The predicted octanol–water partition coefficient (Wildman–Crippen LogP) is 3.83. The zero-order valence-corrected chi connectivity index (χ0v) is 17.0. The second-order valence-electron chi connectivity index (χ2n) is 6.75. The van der Waals surface area contributed by atoms with E-state index in [4.69, 9.17) is 9.40 Å². The quantitative estimate of drug-likeness (QED) is 0.370. The molecular formula is C22H17N7OS. The third-order valence-electron chi connectivity index (χ3n) is 4.83. The summed E-state index contributed by atoms with van der Waals surface area (Å²) in [7, 11) is 0. The summed E-state index contributed by atoms with van der Waals surface area (Å²) in [4.78, 5) is 5.79. The minimum absolute atomic E-state index is 0.486. The van der Waals surface area contributed by atoms with Crippen LogP contribution in [0.25, 0.3) is 21.7 Å². The monoisotopic (exact) mass is 427 g/mol. The molecule has 8 nitrogen and oxygen atoms in total. The van der Waals surface area contributed by atoms with Crippen LogP contribution < -0.4 is 21.8 Å². The van der Waals surface area contributed by atoms with E-state index in [1.54, 1.807) is 23.9 Å². The number of thiophene rings is 1. The number of hydrazine groups is 2. The Labute approximate surface area is 182 Å². The first-order chi connectivity index (χ1) is 15.3. The molecule has 0 aliphatic carbocycles. The smallest absolute Gasteiger partial charge is 0.170 e. The number of nitriles is 1. The number of pyridine rings is 1. The normalized spacial score (nSPS) is 12.5. The number of rotatable bonds is 6. The molecule has 4 aromatic rings. The number of anilines is 1. The van der Waals surface area contributed by atoms with Gasteiger partial charge in [-0.2, -0.15) is 5.26 Å². The van der Waals surface area contributed by atoms with E-state index >= 15 is 0 Å². The topological polar surface area (TPSA) is 110 Å². The number of hydrogen-bond acceptors (Lipinski definition) is 9. The average molecular weight is 427 g/mol. The van der Waals surface area contributed by atoms with E-state index in [2.05, 4.69) is 33.0 Å². The molecular weight excluding hydrogens is 410 g/mol. The number of hydrazone groups is 1. The van der Waals surface area contributed by atoms with Gasteiger partial charge in [-0.1, -0.05) is 30.3 Å². The van der Waals surface area contributed by atoms with Crippen LogP contribution in [-0.4, -0.2) is 10.8 Å². The Morgan fingerprint density at radius 3 is 2.71 bits per heavy atom. The van der Waals surface area contributed by atoms with Gasteiger partial charge >= 0.3 is 0 Å². The van der Waals surface area contributed by atoms with Gasteiger partial charge in [0.1, 0.15) is 17.5 Å². The number of furan rings is 1. The van der Waals surface area contributed by atoms with Crippen LogP contribution in [0.2, 0.25) is 0 Å². The molecule has 1 aromatic carbocycles. The van der Waals surface area contributed by atoms with Crippen LogP contribution in [0.1, 0.15) is 16.7 Å². The van der Waals surface area contributed by atoms with Crippen LogP contribution in [0.4, 0.5) is 5.82 Å². The van der Waals surface area contributed by atoms with Crippen molar-refractivity contribution in [3.8, 4) is 27.8 Å². The standard InChI is InChI=1S/C22H17N7OS/c23-11-18-17(16-7-8-30-13-16)10-19(20-2-1-9-31-20)25-22(18)24-12-14-3-5-15(6-4-14)21-26-28-29-27-21/h1-10,13,28-29H,12H2,(H,24,25)(H,26,27). The van der Waals surface area contributed by atoms with Crippen molar-refractivity contribution in [1.82, 2.24) is 21.5 Å². The minimum atomic E-state index is 0.486. The molecule has 5 rings (SSSR count). The number of amidine groups is 1. The maximum Gasteiger partial charge on any atom is 0.170 e. The predicted molar refractivity (Wildman–Crippen MR) is 120 cm³/mol. The number of hydrogen-bond donors (Lipinski definition) is 4. The first-order valence-electron chi connectivity index (χ1n) is 9.50. The van der Waals surface area contributed by atoms with Crippen LogP contribution in [0.5, 0.6) is 0 Å². The summed E-state index contributed by atoms with van der Waals surface area (Å²) in [6.45, 7) is 0.525. The molecule has 4 heterocycles. The van der Waals surface area contributed by atoms with E-state index in [-0.39, 0.29) is 0 Å². The van der Waals surface area contributed by atoms with Crippen LogP contribution in [-0.2, 0) is 6.54 Å². The van der Waals surface area contributed by atoms with Gasteiger partial charge in [0.15, 0.2) is 5.84 Å². The van der Waals surface area contributed by atoms with Gasteiger partial charge in [-0.05, 0) is 29.1 Å². The molecule has 0 unspecified atom stereocenters. The lowest BCUT2D eigenvalue weighted by molar-refractivity contribution is 0.568. The zero-order valence-electron chi connectivity index (χ0n) is 16.2. The van der Waals surface area contributed by atoms with Crippen molar-refractivity contribution in [3.63, 3.8) is 0 Å². The maximum absolute atomic E-state index is 9.88. The van der Waals surface area contributed by atoms with Crippen molar-refractivity contribution in [2.75, 3.05) is 5.32 Å². The number of nitrogens with one attached hydrogen (secondary N) is 4. The molecule has 4 N–H and O–H groups in total. The summed E-state index contributed by atoms with van der Waals surface area (Å²) < 4.78 is 5.25. The summed E-state index contributed by atoms with van der Waals surface area (Å²) in [6, 6.07) is 18.1. The molecule has 0 radical (unpaired) electrons. The Morgan fingerprint density at radius 2 is 2.03 bits per heavy atom. The molecule has 31 heavy (non-hydrogen) atoms. The lowest BCUT2D eigenvalue weighted by Crippen LogP contribution is -2.35. The molecule has 0 spiro atoms. The lowest BCUT2D eigenvalue weighted by Gasteiger charge is -2.13. The van der Waals surface area contributed by atoms with Gasteiger partial charge < -0.3 is 9.73 Å². The van der Waals surface area contributed by atoms with Gasteiger partial charge in [-0.3, -0.25) is 5.43 Å². The van der Waals surface area contributed by atoms with Crippen molar-refractivity contribution in [3.05, 3.63) is 83.1 Å². The highest BCUT2D eigenvalue weighted by Gasteiger charge is 2.16. The van der Waals surface area contributed by atoms with E-state index in [1.807, 2.05) is 53.9 Å². The molecule has 0 saturated heterocycles. The number of nitrogens with zero attached hydrogens (tertiary/aromatic N) is 3. The van der Waals surface area contributed by atoms with Crippen LogP contribution in [0, 0.1) is 11.3 Å². The first-order valence-corrected chi connectivity index (χ1v) is 10.4. The Morgan fingerprint density at radius 1 is 1.13 bits per heavy atom. The van der Waals surface area contributed by atoms with Crippen molar-refractivity contribution in [2.24, 2.45) is 5.10 Å². The van der Waals surface area contributed by atoms with E-state index in [0.29, 0.717) is 17.9 Å². The highest BCUT2D eigenvalue weighted by Crippen LogP contribution is 2.34. The van der Waals surface area contributed by atoms with Gasteiger partial charge in [-0.15, -0.1) is 22.0 Å². The summed E-state index contributed by atoms with van der Waals surface area (Å²) in [5.41, 5.74) is 13.2. The SMILES string of the molecule is N#Cc1c(-c2ccoc2)cc(-c2cccs2)nc1NCc1ccc(C2=NNNN2)cc1. The third kappa shape index (κ3) is 3.85. The van der Waals surface area contributed by atoms with E-state index < -0.39 is 0 Å². The van der Waals surface area contributed by atoms with Crippen molar-refractivity contribution in [2.45, 2.75) is 6.54 Å². The van der Waals surface area contributed by atoms with Gasteiger partial charge in [0, 0.05) is 23.2 Å². The fourth-order valence-corrected chi connectivity index (χ4v) is 3.97. The second kappa shape index (κ2) is 8.31.